The van der Waals surface area contributed by atoms with E-state index in [1.165, 1.54) is 0 Å². The van der Waals surface area contributed by atoms with Gasteiger partial charge >= 0.3 is 0 Å². The minimum Gasteiger partial charge on any atom is -0.488 e. The Bertz CT molecular complexity index is 982. The molecule has 1 aliphatic rings. The van der Waals surface area contributed by atoms with Crippen molar-refractivity contribution in [1.82, 2.24) is 9.88 Å². The summed E-state index contributed by atoms with van der Waals surface area (Å²) in [6.45, 7) is 1.29. The van der Waals surface area contributed by atoms with Crippen LogP contribution in [0.3, 0.4) is 0 Å². The fourth-order valence-corrected chi connectivity index (χ4v) is 3.92. The lowest BCUT2D eigenvalue weighted by molar-refractivity contribution is 0.0598. The maximum atomic E-state index is 12.8. The molecule has 0 atom stereocenters. The number of pyridine rings is 1. The van der Waals surface area contributed by atoms with E-state index in [0.29, 0.717) is 23.7 Å². The van der Waals surface area contributed by atoms with Gasteiger partial charge in [-0.1, -0.05) is 45.7 Å². The predicted molar refractivity (Wildman–Crippen MR) is 110 cm³/mol. The quantitative estimate of drug-likeness (QED) is 0.547. The number of amides is 1. The van der Waals surface area contributed by atoms with Crippen molar-refractivity contribution in [3.63, 3.8) is 0 Å². The highest BCUT2D eigenvalue weighted by molar-refractivity contribution is 9.10. The summed E-state index contributed by atoms with van der Waals surface area (Å²) in [4.78, 5) is 19.1. The second-order valence-corrected chi connectivity index (χ2v) is 7.89. The normalized spacial score (nSPS) is 15.1. The number of ether oxygens (including phenoxy) is 1. The summed E-state index contributed by atoms with van der Waals surface area (Å²) >= 11 is 9.60. The van der Waals surface area contributed by atoms with Gasteiger partial charge in [0.1, 0.15) is 17.4 Å². The molecule has 3 aromatic rings. The van der Waals surface area contributed by atoms with Crippen molar-refractivity contribution in [1.29, 1.82) is 0 Å². The van der Waals surface area contributed by atoms with Crippen molar-refractivity contribution >= 4 is 44.3 Å². The van der Waals surface area contributed by atoms with Crippen molar-refractivity contribution in [2.24, 2.45) is 0 Å². The van der Waals surface area contributed by atoms with Gasteiger partial charge in [-0.05, 0) is 30.3 Å². The first-order valence-corrected chi connectivity index (χ1v) is 10.0. The molecule has 0 N–H and O–H groups in total. The van der Waals surface area contributed by atoms with Gasteiger partial charge in [0.2, 0.25) is 0 Å². The molecule has 0 bridgehead atoms. The lowest BCUT2D eigenvalue weighted by Gasteiger charge is -2.32. The van der Waals surface area contributed by atoms with E-state index < -0.39 is 0 Å². The first-order chi connectivity index (χ1) is 13.1. The van der Waals surface area contributed by atoms with E-state index in [9.17, 15) is 4.79 Å². The highest BCUT2D eigenvalue weighted by Crippen LogP contribution is 2.28. The summed E-state index contributed by atoms with van der Waals surface area (Å²) < 4.78 is 7.06. The number of benzene rings is 2. The molecule has 0 spiro atoms. The van der Waals surface area contributed by atoms with Crippen LogP contribution in [-0.2, 0) is 0 Å². The standard InChI is InChI=1S/C21H18BrClN2O2/c22-15-6-7-18(23)17(13-15)21(26)25-11-8-16(9-12-25)27-19-5-1-3-14-4-2-10-24-20(14)19/h1-7,10,13,16H,8-9,11-12H2. The number of nitrogens with zero attached hydrogens (tertiary/aromatic N) is 2. The third kappa shape index (κ3) is 3.94. The summed E-state index contributed by atoms with van der Waals surface area (Å²) in [7, 11) is 0. The molecule has 0 saturated carbocycles. The smallest absolute Gasteiger partial charge is 0.255 e. The van der Waals surface area contributed by atoms with E-state index in [4.69, 9.17) is 16.3 Å². The summed E-state index contributed by atoms with van der Waals surface area (Å²) in [5.41, 5.74) is 1.41. The van der Waals surface area contributed by atoms with Gasteiger partial charge in [-0.2, -0.15) is 0 Å². The van der Waals surface area contributed by atoms with E-state index >= 15 is 0 Å². The number of carbonyl (C=O) groups is 1. The first-order valence-electron chi connectivity index (χ1n) is 8.86. The molecular formula is C21H18BrClN2O2. The number of hydrogen-bond donors (Lipinski definition) is 0. The second kappa shape index (κ2) is 7.87. The molecule has 2 heterocycles. The van der Waals surface area contributed by atoms with Gasteiger partial charge in [-0.15, -0.1) is 0 Å². The van der Waals surface area contributed by atoms with Crippen LogP contribution in [0.2, 0.25) is 5.02 Å². The minimum atomic E-state index is -0.0356. The summed E-state index contributed by atoms with van der Waals surface area (Å²) in [5, 5.41) is 1.54. The fraction of sp³-hybridized carbons (Fsp3) is 0.238. The molecule has 1 fully saturated rings. The highest BCUT2D eigenvalue weighted by Gasteiger charge is 2.26. The van der Waals surface area contributed by atoms with E-state index in [1.54, 1.807) is 18.3 Å². The Kier molecular flexibility index (Phi) is 5.32. The maximum Gasteiger partial charge on any atom is 0.255 e. The Labute approximate surface area is 171 Å². The number of likely N-dealkylation sites (tertiary alicyclic amines) is 1. The Hall–Kier alpha value is -2.11. The Morgan fingerprint density at radius 2 is 1.93 bits per heavy atom. The summed E-state index contributed by atoms with van der Waals surface area (Å²) in [6, 6.07) is 15.2. The average molecular weight is 446 g/mol. The van der Waals surface area contributed by atoms with Crippen LogP contribution in [0.25, 0.3) is 10.9 Å². The van der Waals surface area contributed by atoms with Gasteiger partial charge in [0.05, 0.1) is 10.6 Å². The number of rotatable bonds is 3. The van der Waals surface area contributed by atoms with E-state index in [2.05, 4.69) is 20.9 Å². The lowest BCUT2D eigenvalue weighted by atomic mass is 10.1. The average Bonchev–Trinajstić information content (AvgIpc) is 2.70. The number of fused-ring (bicyclic) bond motifs is 1. The molecule has 0 radical (unpaired) electrons. The molecule has 6 heteroatoms. The van der Waals surface area contributed by atoms with Gasteiger partial charge in [0, 0.05) is 42.0 Å². The minimum absolute atomic E-state index is 0.0356. The molecule has 138 valence electrons. The van der Waals surface area contributed by atoms with Crippen LogP contribution in [0.15, 0.2) is 59.2 Å². The molecule has 1 aliphatic heterocycles. The van der Waals surface area contributed by atoms with Crippen molar-refractivity contribution in [3.05, 3.63) is 69.8 Å². The van der Waals surface area contributed by atoms with Gasteiger partial charge < -0.3 is 9.64 Å². The van der Waals surface area contributed by atoms with Crippen LogP contribution in [0, 0.1) is 0 Å². The number of halogens is 2. The second-order valence-electron chi connectivity index (χ2n) is 6.56. The predicted octanol–water partition coefficient (Wildman–Crippen LogP) is 5.33. The Morgan fingerprint density at radius 3 is 2.74 bits per heavy atom. The Balaban J connectivity index is 1.43. The molecule has 1 aromatic heterocycles. The highest BCUT2D eigenvalue weighted by atomic mass is 79.9. The van der Waals surface area contributed by atoms with Crippen LogP contribution in [-0.4, -0.2) is 35.0 Å². The largest absolute Gasteiger partial charge is 0.488 e. The molecule has 4 nitrogen and oxygen atoms in total. The topological polar surface area (TPSA) is 42.4 Å². The van der Waals surface area contributed by atoms with E-state index in [0.717, 1.165) is 34.0 Å². The van der Waals surface area contributed by atoms with Crippen molar-refractivity contribution in [3.8, 4) is 5.75 Å². The van der Waals surface area contributed by atoms with Crippen molar-refractivity contribution < 1.29 is 9.53 Å². The fourth-order valence-electron chi connectivity index (χ4n) is 3.36. The SMILES string of the molecule is O=C(c1cc(Br)ccc1Cl)N1CCC(Oc2cccc3cccnc23)CC1. The molecule has 1 amide bonds. The number of carbonyl (C=O) groups excluding carboxylic acids is 1. The third-order valence-corrected chi connectivity index (χ3v) is 5.60. The maximum absolute atomic E-state index is 12.8. The monoisotopic (exact) mass is 444 g/mol. The lowest BCUT2D eigenvalue weighted by Crippen LogP contribution is -2.41. The van der Waals surface area contributed by atoms with Crippen molar-refractivity contribution in [2.45, 2.75) is 18.9 Å². The molecule has 27 heavy (non-hydrogen) atoms. The molecule has 0 aliphatic carbocycles. The van der Waals surface area contributed by atoms with Crippen LogP contribution in [0.5, 0.6) is 5.75 Å². The van der Waals surface area contributed by atoms with Crippen LogP contribution in [0.1, 0.15) is 23.2 Å². The van der Waals surface area contributed by atoms with Crippen molar-refractivity contribution in [2.75, 3.05) is 13.1 Å². The number of aromatic nitrogens is 1. The Morgan fingerprint density at radius 1 is 1.15 bits per heavy atom. The van der Waals surface area contributed by atoms with E-state index in [-0.39, 0.29) is 12.0 Å². The number of piperidine rings is 1. The molecule has 4 rings (SSSR count). The number of para-hydroxylation sites is 1. The van der Waals surface area contributed by atoms with Crippen LogP contribution < -0.4 is 4.74 Å². The zero-order valence-corrected chi connectivity index (χ0v) is 16.9. The van der Waals surface area contributed by atoms with Gasteiger partial charge in [0.25, 0.3) is 5.91 Å². The summed E-state index contributed by atoms with van der Waals surface area (Å²) in [5.74, 6) is 0.763. The number of hydrogen-bond acceptors (Lipinski definition) is 3. The molecular weight excluding hydrogens is 428 g/mol. The molecule has 0 unspecified atom stereocenters. The van der Waals surface area contributed by atoms with Gasteiger partial charge in [-0.25, -0.2) is 0 Å². The molecule has 1 saturated heterocycles. The van der Waals surface area contributed by atoms with Crippen LogP contribution >= 0.6 is 27.5 Å². The third-order valence-electron chi connectivity index (χ3n) is 4.78. The van der Waals surface area contributed by atoms with Gasteiger partial charge in [-0.3, -0.25) is 9.78 Å². The van der Waals surface area contributed by atoms with E-state index in [1.807, 2.05) is 41.3 Å². The zero-order chi connectivity index (χ0) is 18.8. The first kappa shape index (κ1) is 18.3. The zero-order valence-electron chi connectivity index (χ0n) is 14.6. The summed E-state index contributed by atoms with van der Waals surface area (Å²) in [6.07, 6.45) is 3.40. The molecule has 2 aromatic carbocycles. The van der Waals surface area contributed by atoms with Crippen LogP contribution in [0.4, 0.5) is 0 Å². The van der Waals surface area contributed by atoms with Gasteiger partial charge in [0.15, 0.2) is 0 Å².